The van der Waals surface area contributed by atoms with Gasteiger partial charge in [0.05, 0.1) is 12.8 Å². The summed E-state index contributed by atoms with van der Waals surface area (Å²) >= 11 is 0. The number of rotatable bonds is 5. The van der Waals surface area contributed by atoms with E-state index in [1.807, 2.05) is 6.07 Å². The zero-order valence-electron chi connectivity index (χ0n) is 20.2. The van der Waals surface area contributed by atoms with Crippen LogP contribution < -0.4 is 14.5 Å². The third kappa shape index (κ3) is 4.78. The maximum Gasteiger partial charge on any atom is 0.230 e. The number of halogens is 1. The molecule has 1 amide bonds. The number of piperazine rings is 1. The summed E-state index contributed by atoms with van der Waals surface area (Å²) in [6, 6.07) is 13.5. The molecule has 1 atom stereocenters. The van der Waals surface area contributed by atoms with E-state index in [1.54, 1.807) is 7.11 Å². The Kier molecular flexibility index (Phi) is 7.05. The van der Waals surface area contributed by atoms with E-state index >= 15 is 0 Å². The molecule has 5 rings (SSSR count). The molecule has 182 valence electrons. The number of fused-ring (bicyclic) bond motifs is 1. The molecule has 0 spiro atoms. The van der Waals surface area contributed by atoms with E-state index in [9.17, 15) is 9.18 Å². The number of benzene rings is 2. The second kappa shape index (κ2) is 10.3. The van der Waals surface area contributed by atoms with Crippen molar-refractivity contribution in [2.24, 2.45) is 5.92 Å². The van der Waals surface area contributed by atoms with Crippen LogP contribution in [0, 0.1) is 11.7 Å². The predicted octanol–water partition coefficient (Wildman–Crippen LogP) is 4.88. The molecule has 0 radical (unpaired) electrons. The molecule has 0 aromatic heterocycles. The average Bonchev–Trinajstić information content (AvgIpc) is 2.89. The van der Waals surface area contributed by atoms with Crippen molar-refractivity contribution >= 4 is 17.3 Å². The monoisotopic (exact) mass is 465 g/mol. The van der Waals surface area contributed by atoms with E-state index < -0.39 is 0 Å². The summed E-state index contributed by atoms with van der Waals surface area (Å²) in [6.45, 7) is 4.47. The van der Waals surface area contributed by atoms with E-state index in [4.69, 9.17) is 4.74 Å². The largest absolute Gasteiger partial charge is 0.494 e. The van der Waals surface area contributed by atoms with Crippen molar-refractivity contribution in [1.82, 2.24) is 4.90 Å². The fraction of sp³-hybridized carbons (Fsp3) is 0.536. The first-order valence-electron chi connectivity index (χ1n) is 12.9. The standard InChI is InChI=1S/C28H36FN3O2/c1-34-27-19-23(29)12-14-26(27)31-17-15-30(16-18-31)20-24-13-11-21-7-5-6-10-25(21)32(24)28(33)22-8-3-2-4-9-22/h5-7,10,12,14,19,22,24H,2-4,8-9,11,13,15-18,20H2,1H3. The van der Waals surface area contributed by atoms with Crippen LogP contribution in [0.25, 0.3) is 0 Å². The summed E-state index contributed by atoms with van der Waals surface area (Å²) in [7, 11) is 1.59. The van der Waals surface area contributed by atoms with Crippen molar-refractivity contribution in [3.05, 3.63) is 53.8 Å². The van der Waals surface area contributed by atoms with Crippen molar-refractivity contribution in [2.75, 3.05) is 49.6 Å². The smallest absolute Gasteiger partial charge is 0.230 e. The van der Waals surface area contributed by atoms with Crippen LogP contribution in [0.15, 0.2) is 42.5 Å². The Morgan fingerprint density at radius 3 is 2.50 bits per heavy atom. The quantitative estimate of drug-likeness (QED) is 0.630. The minimum atomic E-state index is -0.278. The first-order chi connectivity index (χ1) is 16.6. The molecule has 3 aliphatic rings. The van der Waals surface area contributed by atoms with Gasteiger partial charge in [-0.3, -0.25) is 9.69 Å². The minimum Gasteiger partial charge on any atom is -0.494 e. The van der Waals surface area contributed by atoms with Gasteiger partial charge in [0.1, 0.15) is 11.6 Å². The summed E-state index contributed by atoms with van der Waals surface area (Å²) in [5.41, 5.74) is 3.38. The number of amides is 1. The van der Waals surface area contributed by atoms with Crippen LogP contribution in [0.5, 0.6) is 5.75 Å². The number of anilines is 2. The molecule has 34 heavy (non-hydrogen) atoms. The maximum absolute atomic E-state index is 13.8. The van der Waals surface area contributed by atoms with Crippen molar-refractivity contribution < 1.29 is 13.9 Å². The Hall–Kier alpha value is -2.60. The number of methoxy groups -OCH3 is 1. The molecule has 2 aliphatic heterocycles. The number of aryl methyl sites for hydroxylation is 1. The molecule has 2 aromatic rings. The summed E-state index contributed by atoms with van der Waals surface area (Å²) in [4.78, 5) is 20.7. The van der Waals surface area contributed by atoms with Crippen molar-refractivity contribution in [1.29, 1.82) is 0 Å². The topological polar surface area (TPSA) is 36.0 Å². The number of nitrogens with zero attached hydrogens (tertiary/aromatic N) is 3. The summed E-state index contributed by atoms with van der Waals surface area (Å²) < 4.78 is 19.0. The van der Waals surface area contributed by atoms with Gasteiger partial charge < -0.3 is 14.5 Å². The van der Waals surface area contributed by atoms with Gasteiger partial charge in [-0.25, -0.2) is 4.39 Å². The van der Waals surface area contributed by atoms with Crippen molar-refractivity contribution in [3.8, 4) is 5.75 Å². The van der Waals surface area contributed by atoms with Crippen LogP contribution in [0.1, 0.15) is 44.1 Å². The number of carbonyl (C=O) groups excluding carboxylic acids is 1. The number of para-hydroxylation sites is 1. The van der Waals surface area contributed by atoms with Gasteiger partial charge in [0.25, 0.3) is 0 Å². The van der Waals surface area contributed by atoms with Gasteiger partial charge in [0, 0.05) is 56.4 Å². The zero-order valence-corrected chi connectivity index (χ0v) is 20.2. The average molecular weight is 466 g/mol. The molecule has 1 saturated carbocycles. The second-order valence-electron chi connectivity index (χ2n) is 9.97. The third-order valence-electron chi connectivity index (χ3n) is 7.88. The lowest BCUT2D eigenvalue weighted by atomic mass is 9.86. The van der Waals surface area contributed by atoms with Gasteiger partial charge in [0.2, 0.25) is 5.91 Å². The van der Waals surface area contributed by atoms with E-state index in [0.717, 1.165) is 69.8 Å². The SMILES string of the molecule is COc1cc(F)ccc1N1CCN(CC2CCc3ccccc3N2C(=O)C2CCCCC2)CC1. The lowest BCUT2D eigenvalue weighted by Gasteiger charge is -2.44. The van der Waals surface area contributed by atoms with Gasteiger partial charge >= 0.3 is 0 Å². The molecule has 2 aromatic carbocycles. The first kappa shape index (κ1) is 23.2. The van der Waals surface area contributed by atoms with Gasteiger partial charge in [-0.05, 0) is 49.4 Å². The Labute approximate surface area is 202 Å². The molecular weight excluding hydrogens is 429 g/mol. The maximum atomic E-state index is 13.8. The minimum absolute atomic E-state index is 0.171. The van der Waals surface area contributed by atoms with Crippen LogP contribution in [0.2, 0.25) is 0 Å². The van der Waals surface area contributed by atoms with E-state index in [1.165, 1.54) is 37.0 Å². The highest BCUT2D eigenvalue weighted by molar-refractivity contribution is 5.97. The van der Waals surface area contributed by atoms with Crippen LogP contribution in [-0.2, 0) is 11.2 Å². The number of hydrogen-bond donors (Lipinski definition) is 0. The Balaban J connectivity index is 1.28. The predicted molar refractivity (Wildman–Crippen MR) is 134 cm³/mol. The van der Waals surface area contributed by atoms with E-state index in [-0.39, 0.29) is 17.8 Å². The Bertz CT molecular complexity index is 999. The van der Waals surface area contributed by atoms with Gasteiger partial charge in [0.15, 0.2) is 0 Å². The van der Waals surface area contributed by atoms with Crippen LogP contribution in [0.4, 0.5) is 15.8 Å². The summed E-state index contributed by atoms with van der Waals surface area (Å²) in [5, 5.41) is 0. The second-order valence-corrected chi connectivity index (χ2v) is 9.97. The van der Waals surface area contributed by atoms with E-state index in [0.29, 0.717) is 11.7 Å². The van der Waals surface area contributed by atoms with Gasteiger partial charge in [-0.15, -0.1) is 0 Å². The number of carbonyl (C=O) groups is 1. The molecule has 6 heteroatoms. The van der Waals surface area contributed by atoms with Crippen LogP contribution >= 0.6 is 0 Å². The van der Waals surface area contributed by atoms with E-state index in [2.05, 4.69) is 39.0 Å². The normalized spacial score (nSPS) is 21.9. The molecule has 1 aliphatic carbocycles. The molecule has 1 unspecified atom stereocenters. The molecule has 0 N–H and O–H groups in total. The highest BCUT2D eigenvalue weighted by Crippen LogP contribution is 2.36. The highest BCUT2D eigenvalue weighted by atomic mass is 19.1. The lowest BCUT2D eigenvalue weighted by molar-refractivity contribution is -0.124. The Morgan fingerprint density at radius 1 is 0.971 bits per heavy atom. The third-order valence-corrected chi connectivity index (χ3v) is 7.88. The number of hydrogen-bond acceptors (Lipinski definition) is 4. The van der Waals surface area contributed by atoms with Crippen molar-refractivity contribution in [2.45, 2.75) is 51.0 Å². The molecular formula is C28H36FN3O2. The van der Waals surface area contributed by atoms with Crippen LogP contribution in [-0.4, -0.2) is 56.7 Å². The molecule has 0 bridgehead atoms. The molecule has 5 nitrogen and oxygen atoms in total. The summed E-state index contributed by atoms with van der Waals surface area (Å²) in [5.74, 6) is 0.817. The molecule has 2 fully saturated rings. The van der Waals surface area contributed by atoms with Crippen LogP contribution in [0.3, 0.4) is 0 Å². The lowest BCUT2D eigenvalue weighted by Crippen LogP contribution is -2.55. The fourth-order valence-electron chi connectivity index (χ4n) is 6.01. The molecule has 2 heterocycles. The van der Waals surface area contributed by atoms with Gasteiger partial charge in [-0.2, -0.15) is 0 Å². The Morgan fingerprint density at radius 2 is 1.74 bits per heavy atom. The number of ether oxygens (including phenoxy) is 1. The zero-order chi connectivity index (χ0) is 23.5. The summed E-state index contributed by atoms with van der Waals surface area (Å²) in [6.07, 6.45) is 7.71. The van der Waals surface area contributed by atoms with Crippen molar-refractivity contribution in [3.63, 3.8) is 0 Å². The molecule has 1 saturated heterocycles. The highest BCUT2D eigenvalue weighted by Gasteiger charge is 2.36. The van der Waals surface area contributed by atoms with Gasteiger partial charge in [-0.1, -0.05) is 37.5 Å². The first-order valence-corrected chi connectivity index (χ1v) is 12.9. The fourth-order valence-corrected chi connectivity index (χ4v) is 6.01.